The van der Waals surface area contributed by atoms with E-state index in [4.69, 9.17) is 19.3 Å². The molecule has 0 bridgehead atoms. The van der Waals surface area contributed by atoms with Crippen LogP contribution in [-0.2, 0) is 28.2 Å². The first kappa shape index (κ1) is 49.8. The maximum atomic E-state index is 12.4. The number of carbonyl (C=O) groups is 2. The molecule has 302 valence electrons. The van der Waals surface area contributed by atoms with Crippen molar-refractivity contribution in [1.82, 2.24) is 0 Å². The van der Waals surface area contributed by atoms with E-state index in [0.717, 1.165) is 38.5 Å². The highest BCUT2D eigenvalue weighted by atomic mass is 31.2. The van der Waals surface area contributed by atoms with Gasteiger partial charge in [0.25, 0.3) is 0 Å². The Morgan fingerprint density at radius 1 is 0.490 bits per heavy atom. The van der Waals surface area contributed by atoms with Gasteiger partial charge >= 0.3 is 19.8 Å². The Balaban J connectivity index is 3.87. The number of phosphoric acid groups is 1. The topological polar surface area (TPSA) is 119 Å². The molecular weight excluding hydrogens is 663 g/mol. The molecule has 0 spiro atoms. The second kappa shape index (κ2) is 38.5. The monoisotopic (exact) mass is 745 g/mol. The van der Waals surface area contributed by atoms with Crippen LogP contribution in [-0.4, -0.2) is 41.0 Å². The van der Waals surface area contributed by atoms with E-state index in [1.54, 1.807) is 0 Å². The van der Waals surface area contributed by atoms with Gasteiger partial charge in [0.1, 0.15) is 6.61 Å². The molecule has 0 amide bonds. The highest BCUT2D eigenvalue weighted by Crippen LogP contribution is 2.36. The van der Waals surface area contributed by atoms with Gasteiger partial charge in [0.2, 0.25) is 0 Å². The van der Waals surface area contributed by atoms with E-state index in [0.29, 0.717) is 6.42 Å². The van der Waals surface area contributed by atoms with Crippen LogP contribution >= 0.6 is 7.82 Å². The van der Waals surface area contributed by atoms with Crippen LogP contribution < -0.4 is 0 Å². The third-order valence-electron chi connectivity index (χ3n) is 9.53. The lowest BCUT2D eigenvalue weighted by molar-refractivity contribution is -0.161. The SMILES string of the molecule is CCCCCCCC/C=C\CCCCCCCCCCCC(=O)OC(COC(=O)CCCCCCCCCCCCCCCC)COP(=O)(O)O. The van der Waals surface area contributed by atoms with Crippen molar-refractivity contribution in [2.24, 2.45) is 0 Å². The molecular formula is C42H81O8P. The second-order valence-corrected chi connectivity index (χ2v) is 15.9. The molecule has 8 nitrogen and oxygen atoms in total. The standard InChI is InChI=1S/C42H81O8P/c1-3-5-7-9-11-13-15-17-19-20-21-22-23-25-27-29-31-33-35-37-42(44)50-40(39-49-51(45,46)47)38-48-41(43)36-34-32-30-28-26-24-18-16-14-12-10-8-6-4-2/h17,19,40H,3-16,18,20-39H2,1-2H3,(H2,45,46,47)/b19-17-. The van der Waals surface area contributed by atoms with Gasteiger partial charge in [-0.15, -0.1) is 0 Å². The zero-order valence-electron chi connectivity index (χ0n) is 33.3. The molecule has 0 aliphatic heterocycles. The first-order valence-electron chi connectivity index (χ1n) is 21.5. The summed E-state index contributed by atoms with van der Waals surface area (Å²) in [6.07, 6.45) is 42.2. The molecule has 51 heavy (non-hydrogen) atoms. The highest BCUT2D eigenvalue weighted by molar-refractivity contribution is 7.46. The van der Waals surface area contributed by atoms with Crippen LogP contribution in [0.2, 0.25) is 0 Å². The Morgan fingerprint density at radius 3 is 1.20 bits per heavy atom. The zero-order valence-corrected chi connectivity index (χ0v) is 34.2. The molecule has 0 heterocycles. The van der Waals surface area contributed by atoms with Crippen molar-refractivity contribution in [3.63, 3.8) is 0 Å². The molecule has 0 aromatic carbocycles. The summed E-state index contributed by atoms with van der Waals surface area (Å²) in [5.41, 5.74) is 0. The van der Waals surface area contributed by atoms with E-state index in [9.17, 15) is 14.2 Å². The van der Waals surface area contributed by atoms with Gasteiger partial charge in [0.05, 0.1) is 6.61 Å². The predicted molar refractivity (Wildman–Crippen MR) is 212 cm³/mol. The van der Waals surface area contributed by atoms with Crippen molar-refractivity contribution in [3.8, 4) is 0 Å². The van der Waals surface area contributed by atoms with Crippen LogP contribution in [0.15, 0.2) is 12.2 Å². The fourth-order valence-corrected chi connectivity index (χ4v) is 6.67. The Bertz CT molecular complexity index is 843. The van der Waals surface area contributed by atoms with E-state index in [1.807, 2.05) is 0 Å². The van der Waals surface area contributed by atoms with Crippen LogP contribution in [0.25, 0.3) is 0 Å². The van der Waals surface area contributed by atoms with Crippen molar-refractivity contribution in [3.05, 3.63) is 12.2 Å². The van der Waals surface area contributed by atoms with E-state index < -0.39 is 32.5 Å². The molecule has 0 aromatic rings. The lowest BCUT2D eigenvalue weighted by Crippen LogP contribution is -2.29. The molecule has 0 saturated carbocycles. The minimum absolute atomic E-state index is 0.214. The van der Waals surface area contributed by atoms with Crippen molar-refractivity contribution >= 4 is 19.8 Å². The average Bonchev–Trinajstić information content (AvgIpc) is 3.10. The van der Waals surface area contributed by atoms with Crippen LogP contribution in [0.4, 0.5) is 0 Å². The van der Waals surface area contributed by atoms with E-state index in [2.05, 4.69) is 30.5 Å². The third kappa shape index (κ3) is 41.4. The molecule has 0 rings (SSSR count). The van der Waals surface area contributed by atoms with Crippen molar-refractivity contribution in [1.29, 1.82) is 0 Å². The zero-order chi connectivity index (χ0) is 37.5. The van der Waals surface area contributed by atoms with Gasteiger partial charge in [-0.2, -0.15) is 0 Å². The van der Waals surface area contributed by atoms with Crippen LogP contribution in [0.5, 0.6) is 0 Å². The minimum Gasteiger partial charge on any atom is -0.462 e. The second-order valence-electron chi connectivity index (χ2n) is 14.7. The summed E-state index contributed by atoms with van der Waals surface area (Å²) < 4.78 is 26.4. The molecule has 0 aromatic heterocycles. The van der Waals surface area contributed by atoms with Gasteiger partial charge in [0, 0.05) is 12.8 Å². The number of ether oxygens (including phenoxy) is 2. The molecule has 0 fully saturated rings. The maximum Gasteiger partial charge on any atom is 0.469 e. The summed E-state index contributed by atoms with van der Waals surface area (Å²) in [7, 11) is -4.75. The first-order chi connectivity index (χ1) is 24.8. The van der Waals surface area contributed by atoms with Crippen molar-refractivity contribution in [2.75, 3.05) is 13.2 Å². The van der Waals surface area contributed by atoms with Gasteiger partial charge < -0.3 is 19.3 Å². The maximum absolute atomic E-state index is 12.4. The number of hydrogen-bond donors (Lipinski definition) is 2. The van der Waals surface area contributed by atoms with Crippen LogP contribution in [0, 0.1) is 0 Å². The van der Waals surface area contributed by atoms with E-state index in [-0.39, 0.29) is 19.4 Å². The Kier molecular flexibility index (Phi) is 37.6. The Morgan fingerprint density at radius 2 is 0.824 bits per heavy atom. The number of rotatable bonds is 40. The summed E-state index contributed by atoms with van der Waals surface area (Å²) >= 11 is 0. The van der Waals surface area contributed by atoms with E-state index in [1.165, 1.54) is 154 Å². The van der Waals surface area contributed by atoms with Gasteiger partial charge in [-0.1, -0.05) is 187 Å². The number of carbonyl (C=O) groups excluding carboxylic acids is 2. The van der Waals surface area contributed by atoms with Gasteiger partial charge in [-0.05, 0) is 38.5 Å². The summed E-state index contributed by atoms with van der Waals surface area (Å²) in [6, 6.07) is 0. The molecule has 0 radical (unpaired) electrons. The fourth-order valence-electron chi connectivity index (χ4n) is 6.31. The summed E-state index contributed by atoms with van der Waals surface area (Å²) in [5.74, 6) is -0.875. The van der Waals surface area contributed by atoms with Crippen molar-refractivity contribution in [2.45, 2.75) is 232 Å². The lowest BCUT2D eigenvalue weighted by atomic mass is 10.0. The van der Waals surface area contributed by atoms with Crippen LogP contribution in [0.3, 0.4) is 0 Å². The first-order valence-corrected chi connectivity index (χ1v) is 23.0. The molecule has 1 atom stereocenters. The van der Waals surface area contributed by atoms with Gasteiger partial charge in [0.15, 0.2) is 6.10 Å². The number of allylic oxidation sites excluding steroid dienone is 2. The average molecular weight is 745 g/mol. The third-order valence-corrected chi connectivity index (χ3v) is 10.0. The molecule has 2 N–H and O–H groups in total. The normalized spacial score (nSPS) is 12.5. The Labute approximate surface area is 314 Å². The molecule has 0 aliphatic rings. The molecule has 1 unspecified atom stereocenters. The lowest BCUT2D eigenvalue weighted by Gasteiger charge is -2.18. The molecule has 9 heteroatoms. The number of esters is 2. The molecule has 0 saturated heterocycles. The highest BCUT2D eigenvalue weighted by Gasteiger charge is 2.22. The number of phosphoric ester groups is 1. The quantitative estimate of drug-likeness (QED) is 0.0275. The minimum atomic E-state index is -4.75. The van der Waals surface area contributed by atoms with Gasteiger partial charge in [-0.3, -0.25) is 14.1 Å². The number of hydrogen-bond acceptors (Lipinski definition) is 6. The van der Waals surface area contributed by atoms with E-state index >= 15 is 0 Å². The predicted octanol–water partition coefficient (Wildman–Crippen LogP) is 13.0. The van der Waals surface area contributed by atoms with Crippen molar-refractivity contribution < 1.29 is 37.9 Å². The fraction of sp³-hybridized carbons (Fsp3) is 0.905. The number of unbranched alkanes of at least 4 members (excludes halogenated alkanes) is 28. The summed E-state index contributed by atoms with van der Waals surface area (Å²) in [6.45, 7) is 3.70. The summed E-state index contributed by atoms with van der Waals surface area (Å²) in [4.78, 5) is 42.8. The van der Waals surface area contributed by atoms with Gasteiger partial charge in [-0.25, -0.2) is 4.57 Å². The van der Waals surface area contributed by atoms with Crippen LogP contribution in [0.1, 0.15) is 226 Å². The largest absolute Gasteiger partial charge is 0.469 e. The Hall–Kier alpha value is -1.21. The molecule has 0 aliphatic carbocycles. The smallest absolute Gasteiger partial charge is 0.462 e. The summed E-state index contributed by atoms with van der Waals surface area (Å²) in [5, 5.41) is 0.